The number of hydrogen-bond donors (Lipinski definition) is 1. The van der Waals surface area contributed by atoms with Crippen LogP contribution >= 0.6 is 31.9 Å². The van der Waals surface area contributed by atoms with Gasteiger partial charge in [0.1, 0.15) is 11.4 Å². The number of hydrogen-bond acceptors (Lipinski definition) is 4. The van der Waals surface area contributed by atoms with E-state index in [0.717, 1.165) is 10.0 Å². The van der Waals surface area contributed by atoms with Gasteiger partial charge in [0.25, 0.3) is 0 Å². The molecule has 1 fully saturated rings. The number of carbonyl (C=O) groups is 1. The fourth-order valence-electron chi connectivity index (χ4n) is 2.36. The minimum atomic E-state index is -0.516. The first-order valence-corrected chi connectivity index (χ1v) is 9.01. The van der Waals surface area contributed by atoms with Crippen molar-refractivity contribution in [1.29, 1.82) is 0 Å². The summed E-state index contributed by atoms with van der Waals surface area (Å²) in [5, 5.41) is 10.2. The second-order valence-electron chi connectivity index (χ2n) is 6.52. The molecule has 1 heterocycles. The third-order valence-corrected chi connectivity index (χ3v) is 4.41. The van der Waals surface area contributed by atoms with Gasteiger partial charge in [0, 0.05) is 17.4 Å². The number of rotatable bonds is 2. The van der Waals surface area contributed by atoms with Gasteiger partial charge in [-0.1, -0.05) is 15.9 Å². The van der Waals surface area contributed by atoms with Crippen LogP contribution in [0.4, 0.5) is 4.79 Å². The van der Waals surface area contributed by atoms with Crippen LogP contribution in [-0.2, 0) is 15.9 Å². The van der Waals surface area contributed by atoms with E-state index in [1.165, 1.54) is 0 Å². The Hall–Kier alpha value is -0.790. The highest BCUT2D eigenvalue weighted by atomic mass is 79.9. The van der Waals surface area contributed by atoms with E-state index < -0.39 is 5.60 Å². The van der Waals surface area contributed by atoms with Gasteiger partial charge in [-0.25, -0.2) is 4.79 Å². The SMILES string of the molecule is CC(C)(C)OC(=O)N1CCO[C@H](Cc2cc(Br)cc(Br)c2O)C1. The summed E-state index contributed by atoms with van der Waals surface area (Å²) in [6.45, 7) is 6.96. The molecule has 0 saturated carbocycles. The van der Waals surface area contributed by atoms with Crippen molar-refractivity contribution < 1.29 is 19.4 Å². The Kier molecular flexibility index (Phi) is 5.97. The first-order valence-electron chi connectivity index (χ1n) is 7.42. The van der Waals surface area contributed by atoms with Gasteiger partial charge in [0.2, 0.25) is 0 Å². The highest BCUT2D eigenvalue weighted by molar-refractivity contribution is 9.11. The largest absolute Gasteiger partial charge is 0.506 e. The van der Waals surface area contributed by atoms with Crippen LogP contribution < -0.4 is 0 Å². The molecule has 0 spiro atoms. The fraction of sp³-hybridized carbons (Fsp3) is 0.562. The predicted molar refractivity (Wildman–Crippen MR) is 94.8 cm³/mol. The molecular formula is C16H21Br2NO4. The molecule has 1 aliphatic heterocycles. The van der Waals surface area contributed by atoms with E-state index in [4.69, 9.17) is 9.47 Å². The van der Waals surface area contributed by atoms with Gasteiger partial charge in [-0.3, -0.25) is 0 Å². The van der Waals surface area contributed by atoms with Gasteiger partial charge in [-0.2, -0.15) is 0 Å². The zero-order valence-electron chi connectivity index (χ0n) is 13.4. The van der Waals surface area contributed by atoms with E-state index in [2.05, 4.69) is 31.9 Å². The number of phenolic OH excluding ortho intramolecular Hbond substituents is 1. The molecule has 1 aromatic carbocycles. The Morgan fingerprint density at radius 1 is 1.43 bits per heavy atom. The molecule has 0 radical (unpaired) electrons. The van der Waals surface area contributed by atoms with Crippen LogP contribution in [0.15, 0.2) is 21.1 Å². The summed E-state index contributed by atoms with van der Waals surface area (Å²) in [7, 11) is 0. The molecule has 1 saturated heterocycles. The zero-order valence-corrected chi connectivity index (χ0v) is 16.6. The summed E-state index contributed by atoms with van der Waals surface area (Å²) in [6.07, 6.45) is 0.0113. The number of carbonyl (C=O) groups excluding carboxylic acids is 1. The molecule has 0 unspecified atom stereocenters. The molecule has 1 aromatic rings. The lowest BCUT2D eigenvalue weighted by molar-refractivity contribution is -0.0416. The molecule has 1 amide bonds. The lowest BCUT2D eigenvalue weighted by Crippen LogP contribution is -2.48. The minimum absolute atomic E-state index is 0.177. The van der Waals surface area contributed by atoms with E-state index in [-0.39, 0.29) is 17.9 Å². The smallest absolute Gasteiger partial charge is 0.410 e. The van der Waals surface area contributed by atoms with Crippen molar-refractivity contribution in [3.8, 4) is 5.75 Å². The maximum atomic E-state index is 12.2. The van der Waals surface area contributed by atoms with E-state index in [1.807, 2.05) is 26.8 Å². The first-order chi connectivity index (χ1) is 10.7. The van der Waals surface area contributed by atoms with E-state index in [9.17, 15) is 9.90 Å². The van der Waals surface area contributed by atoms with Gasteiger partial charge >= 0.3 is 6.09 Å². The molecule has 0 aromatic heterocycles. The number of phenols is 1. The number of morpholine rings is 1. The van der Waals surface area contributed by atoms with Crippen molar-refractivity contribution in [2.45, 2.75) is 38.9 Å². The average molecular weight is 451 g/mol. The number of nitrogens with zero attached hydrogens (tertiary/aromatic N) is 1. The second-order valence-corrected chi connectivity index (χ2v) is 8.29. The predicted octanol–water partition coefficient (Wildman–Crippen LogP) is 4.10. The lowest BCUT2D eigenvalue weighted by Gasteiger charge is -2.34. The molecule has 23 heavy (non-hydrogen) atoms. The molecule has 2 rings (SSSR count). The van der Waals surface area contributed by atoms with Gasteiger partial charge in [0.15, 0.2) is 0 Å². The second kappa shape index (κ2) is 7.40. The Bertz CT molecular complexity index is 586. The van der Waals surface area contributed by atoms with Crippen molar-refractivity contribution in [3.05, 3.63) is 26.6 Å². The van der Waals surface area contributed by atoms with Crippen molar-refractivity contribution in [1.82, 2.24) is 4.90 Å². The summed E-state index contributed by atoms with van der Waals surface area (Å²) in [4.78, 5) is 13.8. The third kappa shape index (κ3) is 5.36. The molecular weight excluding hydrogens is 430 g/mol. The topological polar surface area (TPSA) is 59.0 Å². The van der Waals surface area contributed by atoms with E-state index in [0.29, 0.717) is 30.6 Å². The molecule has 128 valence electrons. The summed E-state index contributed by atoms with van der Waals surface area (Å²) in [6, 6.07) is 3.64. The van der Waals surface area contributed by atoms with Gasteiger partial charge < -0.3 is 19.5 Å². The van der Waals surface area contributed by atoms with Crippen LogP contribution in [0.1, 0.15) is 26.3 Å². The number of amides is 1. The zero-order chi connectivity index (χ0) is 17.2. The summed E-state index contributed by atoms with van der Waals surface area (Å²) in [5.74, 6) is 0.200. The molecule has 0 aliphatic carbocycles. The maximum Gasteiger partial charge on any atom is 0.410 e. The highest BCUT2D eigenvalue weighted by Crippen LogP contribution is 2.33. The van der Waals surface area contributed by atoms with Crippen LogP contribution in [0, 0.1) is 0 Å². The summed E-state index contributed by atoms with van der Waals surface area (Å²) >= 11 is 6.74. The maximum absolute atomic E-state index is 12.2. The average Bonchev–Trinajstić information content (AvgIpc) is 2.43. The van der Waals surface area contributed by atoms with Gasteiger partial charge in [-0.15, -0.1) is 0 Å². The Labute approximate surface area is 153 Å². The monoisotopic (exact) mass is 449 g/mol. The van der Waals surface area contributed by atoms with Crippen LogP contribution in [0.25, 0.3) is 0 Å². The van der Waals surface area contributed by atoms with E-state index in [1.54, 1.807) is 11.0 Å². The number of aromatic hydroxyl groups is 1. The molecule has 7 heteroatoms. The number of benzene rings is 1. The molecule has 0 bridgehead atoms. The summed E-state index contributed by atoms with van der Waals surface area (Å²) < 4.78 is 12.6. The van der Waals surface area contributed by atoms with Crippen molar-refractivity contribution in [2.24, 2.45) is 0 Å². The van der Waals surface area contributed by atoms with Crippen LogP contribution in [0.5, 0.6) is 5.75 Å². The number of halogens is 2. The van der Waals surface area contributed by atoms with Crippen LogP contribution in [0.3, 0.4) is 0 Å². The van der Waals surface area contributed by atoms with Crippen LogP contribution in [0.2, 0.25) is 0 Å². The molecule has 1 atom stereocenters. The first kappa shape index (κ1) is 18.5. The van der Waals surface area contributed by atoms with E-state index >= 15 is 0 Å². The van der Waals surface area contributed by atoms with Gasteiger partial charge in [-0.05, 0) is 54.4 Å². The Balaban J connectivity index is 2.03. The third-order valence-electron chi connectivity index (χ3n) is 3.35. The Morgan fingerprint density at radius 2 is 2.13 bits per heavy atom. The van der Waals surface area contributed by atoms with Crippen LogP contribution in [-0.4, -0.2) is 47.5 Å². The minimum Gasteiger partial charge on any atom is -0.506 e. The fourth-order valence-corrected chi connectivity index (χ4v) is 3.67. The van der Waals surface area contributed by atoms with Crippen molar-refractivity contribution >= 4 is 38.0 Å². The standard InChI is InChI=1S/C16H21Br2NO4/c1-16(2,3)23-15(21)19-4-5-22-12(9-19)7-10-6-11(17)8-13(18)14(10)20/h6,8,12,20H,4-5,7,9H2,1-3H3/t12-/m1/s1. The van der Waals surface area contributed by atoms with Gasteiger partial charge in [0.05, 0.1) is 23.7 Å². The molecule has 1 aliphatic rings. The van der Waals surface area contributed by atoms with Crippen molar-refractivity contribution in [3.63, 3.8) is 0 Å². The van der Waals surface area contributed by atoms with Crippen molar-refractivity contribution in [2.75, 3.05) is 19.7 Å². The quantitative estimate of drug-likeness (QED) is 0.736. The number of ether oxygens (including phenoxy) is 2. The molecule has 5 nitrogen and oxygen atoms in total. The Morgan fingerprint density at radius 3 is 2.78 bits per heavy atom. The normalized spacial score (nSPS) is 18.8. The summed E-state index contributed by atoms with van der Waals surface area (Å²) in [5.41, 5.74) is 0.250. The molecule has 1 N–H and O–H groups in total. The lowest BCUT2D eigenvalue weighted by atomic mass is 10.1. The highest BCUT2D eigenvalue weighted by Gasteiger charge is 2.28.